The second-order valence-corrected chi connectivity index (χ2v) is 8.68. The van der Waals surface area contributed by atoms with Crippen LogP contribution in [0.4, 0.5) is 5.69 Å². The predicted molar refractivity (Wildman–Crippen MR) is 127 cm³/mol. The zero-order chi connectivity index (χ0) is 21.6. The van der Waals surface area contributed by atoms with Crippen molar-refractivity contribution in [2.45, 2.75) is 25.1 Å². The molecule has 0 aliphatic carbocycles. The zero-order valence-electron chi connectivity index (χ0n) is 17.6. The molecule has 4 nitrogen and oxygen atoms in total. The molecule has 0 unspecified atom stereocenters. The minimum absolute atomic E-state index is 0.00471. The van der Waals surface area contributed by atoms with E-state index >= 15 is 0 Å². The number of amides is 2. The van der Waals surface area contributed by atoms with Gasteiger partial charge in [-0.3, -0.25) is 9.59 Å². The van der Waals surface area contributed by atoms with Gasteiger partial charge in [0.1, 0.15) is 5.37 Å². The summed E-state index contributed by atoms with van der Waals surface area (Å²) < 4.78 is 0. The number of hydrogen-bond donors (Lipinski definition) is 1. The molecule has 4 rings (SSSR count). The van der Waals surface area contributed by atoms with Crippen LogP contribution in [0.25, 0.3) is 0 Å². The van der Waals surface area contributed by atoms with E-state index in [-0.39, 0.29) is 17.2 Å². The quantitative estimate of drug-likeness (QED) is 0.552. The lowest BCUT2D eigenvalue weighted by atomic mass is 10.1. The lowest BCUT2D eigenvalue weighted by Crippen LogP contribution is -2.30. The van der Waals surface area contributed by atoms with Crippen molar-refractivity contribution in [1.82, 2.24) is 4.90 Å². The van der Waals surface area contributed by atoms with Crippen molar-refractivity contribution in [2.24, 2.45) is 0 Å². The number of nitrogens with one attached hydrogen (secondary N) is 1. The average molecular weight is 431 g/mol. The normalized spacial score (nSPS) is 15.8. The van der Waals surface area contributed by atoms with Crippen molar-refractivity contribution in [3.05, 3.63) is 101 Å². The first-order valence-electron chi connectivity index (χ1n) is 10.6. The monoisotopic (exact) mass is 430 g/mol. The van der Waals surface area contributed by atoms with Crippen LogP contribution in [0.2, 0.25) is 0 Å². The molecule has 0 bridgehead atoms. The van der Waals surface area contributed by atoms with Crippen molar-refractivity contribution >= 4 is 29.3 Å². The third kappa shape index (κ3) is 5.17. The van der Waals surface area contributed by atoms with E-state index < -0.39 is 0 Å². The van der Waals surface area contributed by atoms with Gasteiger partial charge in [0, 0.05) is 17.8 Å². The van der Waals surface area contributed by atoms with Crippen LogP contribution in [0.3, 0.4) is 0 Å². The number of anilines is 1. The molecule has 3 aromatic rings. The van der Waals surface area contributed by atoms with Crippen LogP contribution in [0.15, 0.2) is 78.9 Å². The van der Waals surface area contributed by atoms with Crippen LogP contribution in [0, 0.1) is 0 Å². The van der Waals surface area contributed by atoms with E-state index in [9.17, 15) is 9.59 Å². The SMILES string of the molecule is CCc1ccc(NC(=O)c2ccc([C@@H]3SCC(=O)N3CCc3ccccc3)cc2)cc1. The second-order valence-electron chi connectivity index (χ2n) is 7.61. The van der Waals surface area contributed by atoms with Gasteiger partial charge in [-0.1, -0.05) is 61.5 Å². The maximum Gasteiger partial charge on any atom is 0.255 e. The summed E-state index contributed by atoms with van der Waals surface area (Å²) in [5.41, 5.74) is 4.91. The van der Waals surface area contributed by atoms with Crippen LogP contribution in [0.5, 0.6) is 0 Å². The maximum absolute atomic E-state index is 12.6. The number of aryl methyl sites for hydroxylation is 1. The summed E-state index contributed by atoms with van der Waals surface area (Å²) in [7, 11) is 0. The third-order valence-electron chi connectivity index (χ3n) is 5.53. The average Bonchev–Trinajstić information content (AvgIpc) is 3.19. The Labute approximate surface area is 187 Å². The van der Waals surface area contributed by atoms with Crippen LogP contribution >= 0.6 is 11.8 Å². The summed E-state index contributed by atoms with van der Waals surface area (Å²) in [5, 5.41) is 2.94. The molecule has 158 valence electrons. The number of nitrogens with zero attached hydrogens (tertiary/aromatic N) is 1. The van der Waals surface area contributed by atoms with Crippen LogP contribution in [0.1, 0.15) is 39.3 Å². The van der Waals surface area contributed by atoms with Gasteiger partial charge in [0.2, 0.25) is 5.91 Å². The summed E-state index contributed by atoms with van der Waals surface area (Å²) in [6.45, 7) is 2.80. The zero-order valence-corrected chi connectivity index (χ0v) is 18.4. The fourth-order valence-electron chi connectivity index (χ4n) is 3.69. The van der Waals surface area contributed by atoms with Gasteiger partial charge in [-0.15, -0.1) is 11.8 Å². The molecule has 1 saturated heterocycles. The largest absolute Gasteiger partial charge is 0.326 e. The topological polar surface area (TPSA) is 49.4 Å². The standard InChI is InChI=1S/C26H26N2O2S/c1-2-19-8-14-23(15-9-19)27-25(30)21-10-12-22(13-11-21)26-28(24(29)18-31-26)17-16-20-6-4-3-5-7-20/h3-15,26H,2,16-18H2,1H3,(H,27,30)/t26-/m0/s1. The molecule has 1 atom stereocenters. The summed E-state index contributed by atoms with van der Waals surface area (Å²) in [4.78, 5) is 27.0. The lowest BCUT2D eigenvalue weighted by molar-refractivity contribution is -0.128. The van der Waals surface area contributed by atoms with Crippen LogP contribution in [-0.4, -0.2) is 29.0 Å². The molecular weight excluding hydrogens is 404 g/mol. The summed E-state index contributed by atoms with van der Waals surface area (Å²) in [6.07, 6.45) is 1.81. The minimum atomic E-state index is -0.133. The maximum atomic E-state index is 12.6. The Balaban J connectivity index is 1.41. The molecule has 0 radical (unpaired) electrons. The molecule has 1 aliphatic rings. The van der Waals surface area contributed by atoms with E-state index in [1.165, 1.54) is 11.1 Å². The highest BCUT2D eigenvalue weighted by atomic mass is 32.2. The number of carbonyl (C=O) groups excluding carboxylic acids is 2. The smallest absolute Gasteiger partial charge is 0.255 e. The van der Waals surface area contributed by atoms with Gasteiger partial charge in [-0.2, -0.15) is 0 Å². The summed E-state index contributed by atoms with van der Waals surface area (Å²) >= 11 is 1.64. The number of rotatable bonds is 7. The van der Waals surface area contributed by atoms with E-state index in [0.29, 0.717) is 17.9 Å². The van der Waals surface area contributed by atoms with Gasteiger partial charge < -0.3 is 10.2 Å². The molecule has 1 fully saturated rings. The predicted octanol–water partition coefficient (Wildman–Crippen LogP) is 5.32. The lowest BCUT2D eigenvalue weighted by Gasteiger charge is -2.24. The summed E-state index contributed by atoms with van der Waals surface area (Å²) in [5.74, 6) is 0.533. The van der Waals surface area contributed by atoms with E-state index in [1.807, 2.05) is 71.6 Å². The first kappa shape index (κ1) is 21.2. The molecule has 1 aliphatic heterocycles. The Morgan fingerprint density at radius 1 is 0.968 bits per heavy atom. The number of thioether (sulfide) groups is 1. The van der Waals surface area contributed by atoms with Gasteiger partial charge >= 0.3 is 0 Å². The number of carbonyl (C=O) groups is 2. The molecule has 2 amide bonds. The van der Waals surface area contributed by atoms with Gasteiger partial charge in [-0.25, -0.2) is 0 Å². The van der Waals surface area contributed by atoms with Gasteiger partial charge in [0.15, 0.2) is 0 Å². The van der Waals surface area contributed by atoms with Gasteiger partial charge in [-0.05, 0) is 53.8 Å². The molecular formula is C26H26N2O2S. The number of benzene rings is 3. The molecule has 31 heavy (non-hydrogen) atoms. The first-order valence-corrected chi connectivity index (χ1v) is 11.6. The molecule has 0 spiro atoms. The van der Waals surface area contributed by atoms with Crippen molar-refractivity contribution < 1.29 is 9.59 Å². The van der Waals surface area contributed by atoms with E-state index in [1.54, 1.807) is 11.8 Å². The van der Waals surface area contributed by atoms with E-state index in [4.69, 9.17) is 0 Å². The van der Waals surface area contributed by atoms with Crippen LogP contribution < -0.4 is 5.32 Å². The molecule has 0 aromatic heterocycles. The van der Waals surface area contributed by atoms with Gasteiger partial charge in [0.25, 0.3) is 5.91 Å². The highest BCUT2D eigenvalue weighted by molar-refractivity contribution is 8.00. The molecule has 1 N–H and O–H groups in total. The molecule has 0 saturated carbocycles. The van der Waals surface area contributed by atoms with Gasteiger partial charge in [0.05, 0.1) is 5.75 Å². The van der Waals surface area contributed by atoms with Crippen molar-refractivity contribution in [3.8, 4) is 0 Å². The Bertz CT molecular complexity index is 1030. The van der Waals surface area contributed by atoms with E-state index in [0.717, 1.165) is 24.1 Å². The minimum Gasteiger partial charge on any atom is -0.326 e. The fourth-order valence-corrected chi connectivity index (χ4v) is 4.91. The Morgan fingerprint density at radius 2 is 1.68 bits per heavy atom. The molecule has 5 heteroatoms. The van der Waals surface area contributed by atoms with Crippen molar-refractivity contribution in [2.75, 3.05) is 17.6 Å². The second kappa shape index (κ2) is 9.84. The fraction of sp³-hybridized carbons (Fsp3) is 0.231. The highest BCUT2D eigenvalue weighted by Gasteiger charge is 2.32. The Hall–Kier alpha value is -3.05. The molecule has 1 heterocycles. The van der Waals surface area contributed by atoms with Crippen molar-refractivity contribution in [1.29, 1.82) is 0 Å². The highest BCUT2D eigenvalue weighted by Crippen LogP contribution is 2.38. The van der Waals surface area contributed by atoms with Crippen LogP contribution in [-0.2, 0) is 17.6 Å². The molecule has 3 aromatic carbocycles. The Morgan fingerprint density at radius 3 is 2.35 bits per heavy atom. The van der Waals surface area contributed by atoms with Crippen molar-refractivity contribution in [3.63, 3.8) is 0 Å². The first-order chi connectivity index (χ1) is 15.1. The third-order valence-corrected chi connectivity index (χ3v) is 6.79. The summed E-state index contributed by atoms with van der Waals surface area (Å²) in [6, 6.07) is 25.7. The number of hydrogen-bond acceptors (Lipinski definition) is 3. The van der Waals surface area contributed by atoms with E-state index in [2.05, 4.69) is 24.4 Å². The Kier molecular flexibility index (Phi) is 6.73.